The van der Waals surface area contributed by atoms with Crippen molar-refractivity contribution in [1.29, 1.82) is 0 Å². The Morgan fingerprint density at radius 1 is 1.41 bits per heavy atom. The fourth-order valence-electron chi connectivity index (χ4n) is 3.35. The quantitative estimate of drug-likeness (QED) is 0.704. The van der Waals surface area contributed by atoms with Crippen molar-refractivity contribution < 1.29 is 14.2 Å². The molecule has 2 aliphatic rings. The molecule has 1 aliphatic carbocycles. The van der Waals surface area contributed by atoms with Gasteiger partial charge in [-0.25, -0.2) is 0 Å². The van der Waals surface area contributed by atoms with Crippen molar-refractivity contribution >= 4 is 0 Å². The highest BCUT2D eigenvalue weighted by atomic mass is 16.7. The van der Waals surface area contributed by atoms with E-state index < -0.39 is 0 Å². The fraction of sp³-hybridized carbons (Fsp3) is 0.857. The SMILES string of the molecule is C#C[C@H]1[C@H](OC)OC(C)(COC)[C@@H](C)C12CC2. The van der Waals surface area contributed by atoms with Crippen LogP contribution in [0.25, 0.3) is 0 Å². The number of ether oxygens (including phenoxy) is 3. The number of rotatable bonds is 3. The van der Waals surface area contributed by atoms with Gasteiger partial charge >= 0.3 is 0 Å². The van der Waals surface area contributed by atoms with E-state index in [-0.39, 0.29) is 23.2 Å². The van der Waals surface area contributed by atoms with E-state index in [9.17, 15) is 0 Å². The molecule has 3 nitrogen and oxygen atoms in total. The van der Waals surface area contributed by atoms with Crippen LogP contribution in [0.1, 0.15) is 26.7 Å². The molecule has 1 saturated heterocycles. The van der Waals surface area contributed by atoms with Gasteiger partial charge in [-0.1, -0.05) is 12.8 Å². The second-order valence-electron chi connectivity index (χ2n) is 5.57. The molecule has 1 saturated carbocycles. The normalized spacial score (nSPS) is 43.4. The molecular weight excluding hydrogens is 216 g/mol. The molecule has 2 fully saturated rings. The van der Waals surface area contributed by atoms with Crippen LogP contribution in [0.2, 0.25) is 0 Å². The van der Waals surface area contributed by atoms with Crippen molar-refractivity contribution in [2.24, 2.45) is 17.3 Å². The molecule has 0 N–H and O–H groups in total. The molecule has 0 amide bonds. The minimum Gasteiger partial charge on any atom is -0.382 e. The molecule has 3 heteroatoms. The molecule has 0 bridgehead atoms. The van der Waals surface area contributed by atoms with Crippen LogP contribution in [-0.2, 0) is 14.2 Å². The molecule has 1 heterocycles. The third kappa shape index (κ3) is 1.79. The van der Waals surface area contributed by atoms with Crippen molar-refractivity contribution in [3.63, 3.8) is 0 Å². The molecule has 1 aliphatic heterocycles. The molecule has 17 heavy (non-hydrogen) atoms. The summed E-state index contributed by atoms with van der Waals surface area (Å²) in [7, 11) is 3.37. The molecule has 0 aromatic heterocycles. The van der Waals surface area contributed by atoms with Gasteiger partial charge in [-0.15, -0.1) is 6.42 Å². The Bertz CT molecular complexity index is 329. The topological polar surface area (TPSA) is 27.7 Å². The predicted octanol–water partition coefficient (Wildman–Crippen LogP) is 2.06. The molecule has 0 aromatic carbocycles. The summed E-state index contributed by atoms with van der Waals surface area (Å²) < 4.78 is 16.8. The second kappa shape index (κ2) is 4.28. The van der Waals surface area contributed by atoms with Gasteiger partial charge in [0.1, 0.15) is 0 Å². The summed E-state index contributed by atoms with van der Waals surface area (Å²) in [5.41, 5.74) is -0.111. The van der Waals surface area contributed by atoms with Gasteiger partial charge in [-0.3, -0.25) is 0 Å². The highest BCUT2D eigenvalue weighted by Gasteiger charge is 2.64. The monoisotopic (exact) mass is 238 g/mol. The van der Waals surface area contributed by atoms with Crippen LogP contribution in [0.3, 0.4) is 0 Å². The standard InChI is InChI=1S/C14H22O3/c1-6-11-12(16-5)17-13(3,9-15-4)10(2)14(11)7-8-14/h1,10-12H,7-9H2,2-5H3/t10-,11+,12-,13?/m1/s1. The Morgan fingerprint density at radius 2 is 2.06 bits per heavy atom. The summed E-state index contributed by atoms with van der Waals surface area (Å²) in [5.74, 6) is 3.33. The number of methoxy groups -OCH3 is 2. The van der Waals surface area contributed by atoms with E-state index in [1.54, 1.807) is 14.2 Å². The van der Waals surface area contributed by atoms with Crippen molar-refractivity contribution in [2.45, 2.75) is 38.6 Å². The summed E-state index contributed by atoms with van der Waals surface area (Å²) in [6.45, 7) is 4.90. The van der Waals surface area contributed by atoms with Gasteiger partial charge in [-0.2, -0.15) is 0 Å². The Kier molecular flexibility index (Phi) is 3.24. The van der Waals surface area contributed by atoms with E-state index in [2.05, 4.69) is 19.8 Å². The maximum Gasteiger partial charge on any atom is 0.172 e. The lowest BCUT2D eigenvalue weighted by atomic mass is 9.69. The van der Waals surface area contributed by atoms with Crippen LogP contribution in [-0.4, -0.2) is 32.7 Å². The third-order valence-corrected chi connectivity index (χ3v) is 4.73. The minimum atomic E-state index is -0.307. The van der Waals surface area contributed by atoms with E-state index in [1.807, 2.05) is 0 Å². The zero-order valence-electron chi connectivity index (χ0n) is 11.2. The first-order chi connectivity index (χ1) is 8.04. The highest BCUT2D eigenvalue weighted by Crippen LogP contribution is 2.64. The lowest BCUT2D eigenvalue weighted by Gasteiger charge is -2.50. The van der Waals surface area contributed by atoms with Crippen LogP contribution in [0.15, 0.2) is 0 Å². The van der Waals surface area contributed by atoms with Crippen molar-refractivity contribution in [1.82, 2.24) is 0 Å². The van der Waals surface area contributed by atoms with E-state index >= 15 is 0 Å². The fourth-order valence-corrected chi connectivity index (χ4v) is 3.35. The minimum absolute atomic E-state index is 0.0624. The third-order valence-electron chi connectivity index (χ3n) is 4.73. The van der Waals surface area contributed by atoms with Crippen molar-refractivity contribution in [3.05, 3.63) is 0 Å². The maximum absolute atomic E-state index is 6.07. The van der Waals surface area contributed by atoms with Gasteiger partial charge in [-0.05, 0) is 31.1 Å². The average Bonchev–Trinajstić information content (AvgIpc) is 3.08. The van der Waals surface area contributed by atoms with E-state index in [0.29, 0.717) is 12.5 Å². The predicted molar refractivity (Wildman–Crippen MR) is 65.3 cm³/mol. The summed E-state index contributed by atoms with van der Waals surface area (Å²) in [4.78, 5) is 0. The van der Waals surface area contributed by atoms with Crippen LogP contribution < -0.4 is 0 Å². The van der Waals surface area contributed by atoms with Crippen LogP contribution >= 0.6 is 0 Å². The Morgan fingerprint density at radius 3 is 2.47 bits per heavy atom. The van der Waals surface area contributed by atoms with E-state index in [4.69, 9.17) is 20.6 Å². The Labute approximate surface area is 104 Å². The summed E-state index contributed by atoms with van der Waals surface area (Å²) in [5, 5.41) is 0. The Balaban J connectivity index is 2.29. The van der Waals surface area contributed by atoms with Gasteiger partial charge in [0, 0.05) is 14.2 Å². The first-order valence-electron chi connectivity index (χ1n) is 6.20. The Hall–Kier alpha value is -0.560. The average molecular weight is 238 g/mol. The number of hydrogen-bond acceptors (Lipinski definition) is 3. The van der Waals surface area contributed by atoms with Crippen molar-refractivity contribution in [2.75, 3.05) is 20.8 Å². The highest BCUT2D eigenvalue weighted by molar-refractivity contribution is 5.18. The molecule has 1 spiro atoms. The summed E-state index contributed by atoms with van der Waals surface area (Å²) >= 11 is 0. The zero-order chi connectivity index (χ0) is 12.7. The molecule has 0 radical (unpaired) electrons. The first kappa shape index (κ1) is 12.9. The summed E-state index contributed by atoms with van der Waals surface area (Å²) in [6.07, 6.45) is 7.71. The maximum atomic E-state index is 6.07. The van der Waals surface area contributed by atoms with Crippen LogP contribution in [0.5, 0.6) is 0 Å². The van der Waals surface area contributed by atoms with Crippen LogP contribution in [0.4, 0.5) is 0 Å². The zero-order valence-corrected chi connectivity index (χ0v) is 11.2. The molecule has 1 unspecified atom stereocenters. The molecule has 2 rings (SSSR count). The van der Waals surface area contributed by atoms with Crippen LogP contribution in [0, 0.1) is 29.6 Å². The first-order valence-corrected chi connectivity index (χ1v) is 6.20. The van der Waals surface area contributed by atoms with Gasteiger partial charge in [0.05, 0.1) is 18.1 Å². The number of hydrogen-bond donors (Lipinski definition) is 0. The molecule has 96 valence electrons. The molecule has 4 atom stereocenters. The van der Waals surface area contributed by atoms with Crippen molar-refractivity contribution in [3.8, 4) is 12.3 Å². The lowest BCUT2D eigenvalue weighted by Crippen LogP contribution is -2.57. The smallest absolute Gasteiger partial charge is 0.172 e. The lowest BCUT2D eigenvalue weighted by molar-refractivity contribution is -0.287. The van der Waals surface area contributed by atoms with E-state index in [0.717, 1.165) is 0 Å². The van der Waals surface area contributed by atoms with Gasteiger partial charge < -0.3 is 14.2 Å². The largest absolute Gasteiger partial charge is 0.382 e. The molecular formula is C14H22O3. The second-order valence-corrected chi connectivity index (χ2v) is 5.57. The van der Waals surface area contributed by atoms with E-state index in [1.165, 1.54) is 12.8 Å². The van der Waals surface area contributed by atoms with Gasteiger partial charge in [0.15, 0.2) is 6.29 Å². The van der Waals surface area contributed by atoms with Gasteiger partial charge in [0.2, 0.25) is 0 Å². The molecule has 0 aromatic rings. The van der Waals surface area contributed by atoms with Gasteiger partial charge in [0.25, 0.3) is 0 Å². The number of terminal acetylenes is 1. The summed E-state index contributed by atoms with van der Waals surface area (Å²) in [6, 6.07) is 0.